The highest BCUT2D eigenvalue weighted by Crippen LogP contribution is 2.48. The van der Waals surface area contributed by atoms with Crippen LogP contribution in [0.3, 0.4) is 0 Å². The Hall–Kier alpha value is -2.98. The molecule has 0 aliphatic carbocycles. The number of H-pyrrole nitrogens is 1. The van der Waals surface area contributed by atoms with Crippen LogP contribution >= 0.6 is 7.60 Å². The molecule has 0 spiro atoms. The van der Waals surface area contributed by atoms with E-state index in [9.17, 15) is 14.5 Å². The predicted octanol–water partition coefficient (Wildman–Crippen LogP) is 4.33. The Balaban J connectivity index is 1.64. The number of nitrogens with one attached hydrogen (secondary N) is 2. The molecule has 0 fully saturated rings. The summed E-state index contributed by atoms with van der Waals surface area (Å²) in [5.74, 6) is -0.00835. The van der Waals surface area contributed by atoms with Crippen LogP contribution in [0, 0.1) is 0 Å². The minimum atomic E-state index is -3.31. The minimum Gasteiger partial charge on any atom is -0.481 e. The van der Waals surface area contributed by atoms with E-state index in [-0.39, 0.29) is 26.2 Å². The Bertz CT molecular complexity index is 1230. The Kier molecular flexibility index (Phi) is 11.5. The molecule has 38 heavy (non-hydrogen) atoms. The van der Waals surface area contributed by atoms with Gasteiger partial charge in [-0.3, -0.25) is 19.5 Å². The van der Waals surface area contributed by atoms with E-state index < -0.39 is 13.5 Å². The molecule has 4 N–H and O–H groups in total. The van der Waals surface area contributed by atoms with Gasteiger partial charge >= 0.3 is 7.60 Å². The molecular formula is C27H36N3O7P. The van der Waals surface area contributed by atoms with Crippen LogP contribution in [-0.4, -0.2) is 65.4 Å². The molecule has 0 unspecified atom stereocenters. The molecule has 206 valence electrons. The molecule has 0 bridgehead atoms. The van der Waals surface area contributed by atoms with Crippen molar-refractivity contribution in [2.24, 2.45) is 0 Å². The minimum absolute atomic E-state index is 0.0443. The van der Waals surface area contributed by atoms with Crippen LogP contribution in [0.4, 0.5) is 0 Å². The fourth-order valence-corrected chi connectivity index (χ4v) is 5.32. The summed E-state index contributed by atoms with van der Waals surface area (Å²) in [5, 5.41) is 19.2. The number of ether oxygens (including phenoxy) is 1. The Morgan fingerprint density at radius 2 is 1.84 bits per heavy atom. The number of amides is 1. The first-order valence-corrected chi connectivity index (χ1v) is 14.3. The number of nitrogens with zero attached hydrogens (tertiary/aromatic N) is 1. The number of aliphatic hydroxyl groups excluding tert-OH is 1. The van der Waals surface area contributed by atoms with Crippen molar-refractivity contribution in [2.45, 2.75) is 26.8 Å². The van der Waals surface area contributed by atoms with Crippen LogP contribution in [0.5, 0.6) is 5.75 Å². The highest BCUT2D eigenvalue weighted by molar-refractivity contribution is 7.53. The van der Waals surface area contributed by atoms with E-state index in [1.165, 1.54) is 6.08 Å². The molecule has 0 saturated heterocycles. The van der Waals surface area contributed by atoms with Gasteiger partial charge in [-0.1, -0.05) is 24.3 Å². The summed E-state index contributed by atoms with van der Waals surface area (Å²) in [5.41, 5.74) is 5.55. The number of aliphatic hydroxyl groups is 1. The first-order valence-electron chi connectivity index (χ1n) is 12.5. The van der Waals surface area contributed by atoms with Crippen molar-refractivity contribution < 1.29 is 33.5 Å². The molecule has 3 aromatic rings. The summed E-state index contributed by atoms with van der Waals surface area (Å²) in [6.45, 7) is 6.02. The van der Waals surface area contributed by atoms with E-state index in [4.69, 9.17) is 19.0 Å². The zero-order valence-electron chi connectivity index (χ0n) is 21.8. The van der Waals surface area contributed by atoms with Gasteiger partial charge in [0.25, 0.3) is 5.91 Å². The third kappa shape index (κ3) is 8.80. The van der Waals surface area contributed by atoms with E-state index in [1.54, 1.807) is 25.4 Å². The maximum absolute atomic E-state index is 12.7. The summed E-state index contributed by atoms with van der Waals surface area (Å²) < 4.78 is 29.1. The first kappa shape index (κ1) is 29.6. The highest BCUT2D eigenvalue weighted by Gasteiger charge is 2.24. The zero-order valence-corrected chi connectivity index (χ0v) is 22.7. The van der Waals surface area contributed by atoms with Gasteiger partial charge in [0.05, 0.1) is 19.8 Å². The summed E-state index contributed by atoms with van der Waals surface area (Å²) in [4.78, 5) is 16.6. The van der Waals surface area contributed by atoms with E-state index in [2.05, 4.69) is 9.88 Å². The normalized spacial score (nSPS) is 12.0. The smallest absolute Gasteiger partial charge is 0.367 e. The second-order valence-corrected chi connectivity index (χ2v) is 10.5. The van der Waals surface area contributed by atoms with Crippen molar-refractivity contribution in [2.75, 3.05) is 39.3 Å². The molecule has 11 heteroatoms. The Morgan fingerprint density at radius 3 is 2.50 bits per heavy atom. The third-order valence-corrected chi connectivity index (χ3v) is 7.57. The lowest BCUT2D eigenvalue weighted by atomic mass is 10.1. The summed E-state index contributed by atoms with van der Waals surface area (Å²) in [7, 11) is -3.31. The first-order chi connectivity index (χ1) is 18.4. The lowest BCUT2D eigenvalue weighted by Crippen LogP contribution is -2.28. The van der Waals surface area contributed by atoms with E-state index >= 15 is 0 Å². The van der Waals surface area contributed by atoms with Crippen molar-refractivity contribution >= 4 is 30.5 Å². The number of carbonyl (C=O) groups excluding carboxylic acids is 1. The highest BCUT2D eigenvalue weighted by atomic mass is 31.2. The van der Waals surface area contributed by atoms with E-state index in [0.29, 0.717) is 18.8 Å². The molecule has 0 saturated carbocycles. The van der Waals surface area contributed by atoms with Crippen molar-refractivity contribution in [1.82, 2.24) is 15.4 Å². The molecule has 1 amide bonds. The lowest BCUT2D eigenvalue weighted by molar-refractivity contribution is -0.124. The van der Waals surface area contributed by atoms with E-state index in [0.717, 1.165) is 40.6 Å². The van der Waals surface area contributed by atoms with Gasteiger partial charge < -0.3 is 23.9 Å². The standard InChI is InChI=1S/C27H36N3O7P/c1-3-36-38(34,37-4-2)20-35-24-10-11-26-25(17-24)23(18-28-26)13-14-30(15-16-31)19-22-7-5-21(6-8-22)9-12-27(32)29-33/h5-12,17-18,28,31,33H,3-4,13-16,19-20H2,1-2H3,(H,29,32). The molecule has 1 aromatic heterocycles. The number of aromatic nitrogens is 1. The number of hydrogen-bond acceptors (Lipinski definition) is 8. The number of carbonyl (C=O) groups is 1. The van der Waals surface area contributed by atoms with Crippen molar-refractivity contribution in [1.29, 1.82) is 0 Å². The van der Waals surface area contributed by atoms with Crippen molar-refractivity contribution in [3.63, 3.8) is 0 Å². The number of hydrogen-bond donors (Lipinski definition) is 4. The van der Waals surface area contributed by atoms with Crippen molar-refractivity contribution in [3.8, 4) is 5.75 Å². The summed E-state index contributed by atoms with van der Waals surface area (Å²) in [6.07, 6.45) is 5.43. The average molecular weight is 546 g/mol. The van der Waals surface area contributed by atoms with Crippen LogP contribution in [0.2, 0.25) is 0 Å². The van der Waals surface area contributed by atoms with Crippen molar-refractivity contribution in [3.05, 3.63) is 71.4 Å². The van der Waals surface area contributed by atoms with E-state index in [1.807, 2.05) is 48.7 Å². The molecular weight excluding hydrogens is 509 g/mol. The Morgan fingerprint density at radius 1 is 1.11 bits per heavy atom. The summed E-state index contributed by atoms with van der Waals surface area (Å²) >= 11 is 0. The van der Waals surface area contributed by atoms with Gasteiger partial charge in [-0.15, -0.1) is 0 Å². The van der Waals surface area contributed by atoms with Crippen LogP contribution in [0.25, 0.3) is 17.0 Å². The zero-order chi connectivity index (χ0) is 27.4. The van der Waals surface area contributed by atoms with Crippen LogP contribution in [0.1, 0.15) is 30.5 Å². The average Bonchev–Trinajstić information content (AvgIpc) is 3.32. The second-order valence-electron chi connectivity index (χ2n) is 8.54. The van der Waals surface area contributed by atoms with Crippen LogP contribution in [0.15, 0.2) is 54.7 Å². The molecule has 10 nitrogen and oxygen atoms in total. The van der Waals surface area contributed by atoms with Gasteiger partial charge in [0.15, 0.2) is 6.35 Å². The van der Waals surface area contributed by atoms with Gasteiger partial charge in [-0.2, -0.15) is 0 Å². The third-order valence-electron chi connectivity index (χ3n) is 5.82. The quantitative estimate of drug-likeness (QED) is 0.0905. The van der Waals surface area contributed by atoms with Crippen LogP contribution < -0.4 is 10.2 Å². The SMILES string of the molecule is CCOP(=O)(COc1ccc2[nH]cc(CCN(CCO)Cc3ccc(C=CC(=O)NO)cc3)c2c1)OCC. The van der Waals surface area contributed by atoms with Gasteiger partial charge in [0, 0.05) is 42.8 Å². The fourth-order valence-electron chi connectivity index (χ4n) is 4.00. The molecule has 1 heterocycles. The number of benzene rings is 2. The van der Waals surface area contributed by atoms with Crippen LogP contribution in [-0.2, 0) is 31.4 Å². The fraction of sp³-hybridized carbons (Fsp3) is 0.370. The van der Waals surface area contributed by atoms with Gasteiger partial charge in [-0.05, 0) is 61.2 Å². The number of hydroxylamine groups is 1. The lowest BCUT2D eigenvalue weighted by Gasteiger charge is -2.21. The maximum Gasteiger partial charge on any atom is 0.367 e. The number of rotatable bonds is 16. The van der Waals surface area contributed by atoms with Gasteiger partial charge in [0.2, 0.25) is 0 Å². The van der Waals surface area contributed by atoms with Gasteiger partial charge in [-0.25, -0.2) is 5.48 Å². The predicted molar refractivity (Wildman–Crippen MR) is 146 cm³/mol. The molecule has 2 aromatic carbocycles. The monoisotopic (exact) mass is 545 g/mol. The second kappa shape index (κ2) is 14.8. The molecule has 0 radical (unpaired) electrons. The number of fused-ring (bicyclic) bond motifs is 1. The van der Waals surface area contributed by atoms with Gasteiger partial charge in [0.1, 0.15) is 5.75 Å². The molecule has 3 rings (SSSR count). The topological polar surface area (TPSA) is 133 Å². The summed E-state index contributed by atoms with van der Waals surface area (Å²) in [6, 6.07) is 13.4. The molecule has 0 aliphatic rings. The molecule has 0 aliphatic heterocycles. The largest absolute Gasteiger partial charge is 0.481 e. The maximum atomic E-state index is 12.7. The Labute approximate surface area is 222 Å². The number of aromatic amines is 1. The molecule has 0 atom stereocenters.